The average molecular weight is 368 g/mol. The maximum absolute atomic E-state index is 11.7. The predicted molar refractivity (Wildman–Crippen MR) is 109 cm³/mol. The molecule has 4 nitrogen and oxygen atoms in total. The van der Waals surface area contributed by atoms with Crippen molar-refractivity contribution in [2.75, 3.05) is 6.61 Å². The number of carbonyl (C=O) groups is 2. The van der Waals surface area contributed by atoms with E-state index in [1.807, 2.05) is 0 Å². The Morgan fingerprint density at radius 2 is 1.12 bits per heavy atom. The van der Waals surface area contributed by atoms with Crippen molar-refractivity contribution in [2.45, 2.75) is 110 Å². The van der Waals surface area contributed by atoms with Gasteiger partial charge in [-0.15, -0.1) is 0 Å². The molecule has 0 atom stereocenters. The van der Waals surface area contributed by atoms with Crippen LogP contribution >= 0.6 is 0 Å². The first-order chi connectivity index (χ1) is 12.6. The standard InChI is InChI=1S/C22H41NO3/c1-20(17-18-21(2)25)23-22(26)16-14-12-10-8-6-4-3-5-7-9-11-13-15-19-24/h24H,1,3-19H2,2H3,(H,23,26). The van der Waals surface area contributed by atoms with Gasteiger partial charge in [0.05, 0.1) is 0 Å². The summed E-state index contributed by atoms with van der Waals surface area (Å²) >= 11 is 0. The maximum atomic E-state index is 11.7. The number of hydrogen-bond acceptors (Lipinski definition) is 3. The number of rotatable bonds is 19. The molecule has 0 rings (SSSR count). The van der Waals surface area contributed by atoms with Crippen LogP contribution in [-0.2, 0) is 9.59 Å². The highest BCUT2D eigenvalue weighted by atomic mass is 16.2. The molecular formula is C22H41NO3. The fourth-order valence-electron chi connectivity index (χ4n) is 2.99. The zero-order valence-electron chi connectivity index (χ0n) is 17.0. The zero-order valence-corrected chi connectivity index (χ0v) is 17.0. The van der Waals surface area contributed by atoms with Crippen LogP contribution in [0.3, 0.4) is 0 Å². The number of ketones is 1. The van der Waals surface area contributed by atoms with Crippen molar-refractivity contribution in [3.05, 3.63) is 12.3 Å². The maximum Gasteiger partial charge on any atom is 0.224 e. The number of aliphatic hydroxyl groups excluding tert-OH is 1. The van der Waals surface area contributed by atoms with Crippen molar-refractivity contribution < 1.29 is 14.7 Å². The van der Waals surface area contributed by atoms with Gasteiger partial charge in [0.15, 0.2) is 0 Å². The molecule has 0 aromatic carbocycles. The minimum Gasteiger partial charge on any atom is -0.396 e. The first-order valence-electron chi connectivity index (χ1n) is 10.6. The second kappa shape index (κ2) is 18.6. The number of aliphatic hydroxyl groups is 1. The van der Waals surface area contributed by atoms with Gasteiger partial charge in [-0.1, -0.05) is 77.2 Å². The molecule has 0 fully saturated rings. The monoisotopic (exact) mass is 367 g/mol. The molecule has 2 N–H and O–H groups in total. The smallest absolute Gasteiger partial charge is 0.224 e. The molecule has 4 heteroatoms. The molecule has 0 unspecified atom stereocenters. The molecule has 0 aromatic rings. The summed E-state index contributed by atoms with van der Waals surface area (Å²) < 4.78 is 0. The fourth-order valence-corrected chi connectivity index (χ4v) is 2.99. The lowest BCUT2D eigenvalue weighted by molar-refractivity contribution is -0.121. The highest BCUT2D eigenvalue weighted by Gasteiger charge is 2.04. The van der Waals surface area contributed by atoms with Crippen LogP contribution in [0.2, 0.25) is 0 Å². The summed E-state index contributed by atoms with van der Waals surface area (Å²) in [7, 11) is 0. The lowest BCUT2D eigenvalue weighted by Crippen LogP contribution is -2.22. The third kappa shape index (κ3) is 19.2. The number of nitrogens with one attached hydrogen (secondary N) is 1. The van der Waals surface area contributed by atoms with Crippen LogP contribution in [-0.4, -0.2) is 23.4 Å². The van der Waals surface area contributed by atoms with E-state index in [1.54, 1.807) is 6.92 Å². The molecule has 0 heterocycles. The molecule has 152 valence electrons. The van der Waals surface area contributed by atoms with E-state index >= 15 is 0 Å². The molecule has 0 spiro atoms. The van der Waals surface area contributed by atoms with Crippen LogP contribution in [0.4, 0.5) is 0 Å². The summed E-state index contributed by atoms with van der Waals surface area (Å²) in [6, 6.07) is 0. The minimum atomic E-state index is 0.0255. The van der Waals surface area contributed by atoms with Gasteiger partial charge in [-0.25, -0.2) is 0 Å². The van der Waals surface area contributed by atoms with Crippen molar-refractivity contribution in [2.24, 2.45) is 0 Å². The summed E-state index contributed by atoms with van der Waals surface area (Å²) in [4.78, 5) is 22.6. The number of hydrogen-bond donors (Lipinski definition) is 2. The van der Waals surface area contributed by atoms with E-state index in [-0.39, 0.29) is 11.7 Å². The van der Waals surface area contributed by atoms with Crippen LogP contribution < -0.4 is 5.32 Å². The quantitative estimate of drug-likeness (QED) is 0.299. The van der Waals surface area contributed by atoms with Gasteiger partial charge < -0.3 is 15.2 Å². The SMILES string of the molecule is C=C(CCC(C)=O)NC(=O)CCCCCCCCCCCCCCCO. The van der Waals surface area contributed by atoms with Crippen molar-refractivity contribution in [3.8, 4) is 0 Å². The lowest BCUT2D eigenvalue weighted by Gasteiger charge is -2.07. The Hall–Kier alpha value is -1.16. The first-order valence-corrected chi connectivity index (χ1v) is 10.6. The number of carbonyl (C=O) groups excluding carboxylic acids is 2. The van der Waals surface area contributed by atoms with Crippen LogP contribution in [0, 0.1) is 0 Å². The third-order valence-electron chi connectivity index (χ3n) is 4.66. The number of Topliss-reactive ketones (excluding diaryl/α,β-unsaturated/α-hetero) is 1. The summed E-state index contributed by atoms with van der Waals surface area (Å²) in [5.41, 5.74) is 0.651. The van der Waals surface area contributed by atoms with Gasteiger partial charge in [-0.05, 0) is 26.2 Å². The Balaban J connectivity index is 3.26. The van der Waals surface area contributed by atoms with Crippen molar-refractivity contribution in [1.82, 2.24) is 5.32 Å². The largest absolute Gasteiger partial charge is 0.396 e. The summed E-state index contributed by atoms with van der Waals surface area (Å²) in [6.45, 7) is 5.68. The molecule has 1 amide bonds. The molecule has 0 aliphatic rings. The molecule has 0 saturated heterocycles. The molecule has 0 aromatic heterocycles. The lowest BCUT2D eigenvalue weighted by atomic mass is 10.0. The molecular weight excluding hydrogens is 326 g/mol. The molecule has 0 aliphatic heterocycles. The van der Waals surface area contributed by atoms with Gasteiger partial charge >= 0.3 is 0 Å². The van der Waals surface area contributed by atoms with Gasteiger partial charge in [0.2, 0.25) is 5.91 Å². The number of unbranched alkanes of at least 4 members (excludes halogenated alkanes) is 12. The van der Waals surface area contributed by atoms with Crippen LogP contribution in [0.5, 0.6) is 0 Å². The van der Waals surface area contributed by atoms with Gasteiger partial charge in [-0.3, -0.25) is 4.79 Å². The minimum absolute atomic E-state index is 0.0255. The van der Waals surface area contributed by atoms with Crippen molar-refractivity contribution in [3.63, 3.8) is 0 Å². The molecule has 0 radical (unpaired) electrons. The van der Waals surface area contributed by atoms with E-state index in [0.717, 1.165) is 19.3 Å². The van der Waals surface area contributed by atoms with Crippen LogP contribution in [0.25, 0.3) is 0 Å². The third-order valence-corrected chi connectivity index (χ3v) is 4.66. The topological polar surface area (TPSA) is 66.4 Å². The molecule has 26 heavy (non-hydrogen) atoms. The second-order valence-electron chi connectivity index (χ2n) is 7.42. The van der Waals surface area contributed by atoms with Crippen molar-refractivity contribution in [1.29, 1.82) is 0 Å². The highest BCUT2D eigenvalue weighted by molar-refractivity contribution is 5.78. The molecule has 0 saturated carbocycles. The van der Waals surface area contributed by atoms with E-state index in [9.17, 15) is 9.59 Å². The number of allylic oxidation sites excluding steroid dienone is 1. The Morgan fingerprint density at radius 3 is 1.54 bits per heavy atom. The Morgan fingerprint density at radius 1 is 0.692 bits per heavy atom. The Kier molecular flexibility index (Phi) is 17.8. The van der Waals surface area contributed by atoms with E-state index < -0.39 is 0 Å². The van der Waals surface area contributed by atoms with Crippen LogP contribution in [0.15, 0.2) is 12.3 Å². The predicted octanol–water partition coefficient (Wildman–Crippen LogP) is 5.44. The van der Waals surface area contributed by atoms with E-state index in [2.05, 4.69) is 11.9 Å². The second-order valence-corrected chi connectivity index (χ2v) is 7.42. The summed E-state index contributed by atoms with van der Waals surface area (Å²) in [5.74, 6) is 0.149. The van der Waals surface area contributed by atoms with E-state index in [4.69, 9.17) is 5.11 Å². The molecule has 0 aliphatic carbocycles. The first kappa shape index (κ1) is 24.8. The summed E-state index contributed by atoms with van der Waals surface area (Å²) in [6.07, 6.45) is 17.4. The number of amides is 1. The van der Waals surface area contributed by atoms with Gasteiger partial charge in [0.25, 0.3) is 0 Å². The van der Waals surface area contributed by atoms with Crippen molar-refractivity contribution >= 4 is 11.7 Å². The van der Waals surface area contributed by atoms with Crippen LogP contribution in [0.1, 0.15) is 110 Å². The molecule has 0 bridgehead atoms. The van der Waals surface area contributed by atoms with Gasteiger partial charge in [0, 0.05) is 25.1 Å². The van der Waals surface area contributed by atoms with Gasteiger partial charge in [0.1, 0.15) is 5.78 Å². The van der Waals surface area contributed by atoms with E-state index in [1.165, 1.54) is 64.2 Å². The Labute approximate surface area is 160 Å². The highest BCUT2D eigenvalue weighted by Crippen LogP contribution is 2.13. The normalized spacial score (nSPS) is 10.7. The van der Waals surface area contributed by atoms with Gasteiger partial charge in [-0.2, -0.15) is 0 Å². The van der Waals surface area contributed by atoms with E-state index in [0.29, 0.717) is 31.6 Å². The zero-order chi connectivity index (χ0) is 19.5. The fraction of sp³-hybridized carbons (Fsp3) is 0.818. The average Bonchev–Trinajstić information content (AvgIpc) is 2.60. The Bertz CT molecular complexity index is 380. The summed E-state index contributed by atoms with van der Waals surface area (Å²) in [5, 5.41) is 11.5.